The average Bonchev–Trinajstić information content (AvgIpc) is 2.71. The maximum absolute atomic E-state index is 6.24. The Bertz CT molecular complexity index is 596. The average molecular weight is 241 g/mol. The highest BCUT2D eigenvalue weighted by Gasteiger charge is 2.18. The van der Waals surface area contributed by atoms with Gasteiger partial charge in [0.2, 0.25) is 0 Å². The lowest BCUT2D eigenvalue weighted by Gasteiger charge is -2.14. The number of anilines is 1. The van der Waals surface area contributed by atoms with E-state index in [1.165, 1.54) is 24.0 Å². The lowest BCUT2D eigenvalue weighted by atomic mass is 10.0. The fourth-order valence-corrected chi connectivity index (χ4v) is 2.61. The lowest BCUT2D eigenvalue weighted by molar-refractivity contribution is 0.527. The second-order valence-electron chi connectivity index (χ2n) is 5.17. The van der Waals surface area contributed by atoms with Crippen molar-refractivity contribution in [2.24, 2.45) is 0 Å². The molecule has 0 spiro atoms. The largest absolute Gasteiger partial charge is 0.383 e. The van der Waals surface area contributed by atoms with E-state index in [0.29, 0.717) is 0 Å². The number of benzene rings is 1. The highest BCUT2D eigenvalue weighted by atomic mass is 15.1. The van der Waals surface area contributed by atoms with Gasteiger partial charge in [-0.1, -0.05) is 12.1 Å². The van der Waals surface area contributed by atoms with Crippen molar-refractivity contribution in [1.29, 1.82) is 0 Å². The van der Waals surface area contributed by atoms with Crippen LogP contribution in [0.5, 0.6) is 0 Å². The van der Waals surface area contributed by atoms with E-state index in [2.05, 4.69) is 36.6 Å². The maximum atomic E-state index is 6.24. The van der Waals surface area contributed by atoms with Gasteiger partial charge in [0.1, 0.15) is 17.3 Å². The minimum absolute atomic E-state index is 0.827. The molecule has 1 aliphatic rings. The first-order chi connectivity index (χ1) is 8.66. The minimum atomic E-state index is 0.827. The van der Waals surface area contributed by atoms with E-state index in [-0.39, 0.29) is 0 Å². The number of imidazole rings is 1. The number of aryl methyl sites for hydroxylation is 3. The lowest BCUT2D eigenvalue weighted by Crippen LogP contribution is -2.12. The zero-order chi connectivity index (χ0) is 12.7. The summed E-state index contributed by atoms with van der Waals surface area (Å²) in [6, 6.07) is 6.44. The van der Waals surface area contributed by atoms with Crippen molar-refractivity contribution >= 4 is 5.82 Å². The first-order valence-electron chi connectivity index (χ1n) is 6.59. The Morgan fingerprint density at radius 2 is 2.00 bits per heavy atom. The number of hydrogen-bond acceptors (Lipinski definition) is 2. The summed E-state index contributed by atoms with van der Waals surface area (Å²) in [5.74, 6) is 1.97. The Hall–Kier alpha value is -1.77. The van der Waals surface area contributed by atoms with Crippen LogP contribution in [0.25, 0.3) is 11.3 Å². The van der Waals surface area contributed by atoms with Gasteiger partial charge in [0, 0.05) is 18.5 Å². The van der Waals surface area contributed by atoms with E-state index < -0.39 is 0 Å². The van der Waals surface area contributed by atoms with E-state index in [1.54, 1.807) is 0 Å². The summed E-state index contributed by atoms with van der Waals surface area (Å²) in [5.41, 5.74) is 10.9. The number of nitrogens with zero attached hydrogens (tertiary/aromatic N) is 2. The number of fused-ring (bicyclic) bond motifs is 1. The molecule has 2 aromatic rings. The van der Waals surface area contributed by atoms with Gasteiger partial charge in [-0.15, -0.1) is 0 Å². The van der Waals surface area contributed by atoms with Gasteiger partial charge in [-0.05, 0) is 43.9 Å². The zero-order valence-electron chi connectivity index (χ0n) is 11.0. The first-order valence-corrected chi connectivity index (χ1v) is 6.59. The summed E-state index contributed by atoms with van der Waals surface area (Å²) in [5, 5.41) is 0. The van der Waals surface area contributed by atoms with Crippen LogP contribution in [0.1, 0.15) is 29.8 Å². The quantitative estimate of drug-likeness (QED) is 0.833. The molecule has 0 bridgehead atoms. The van der Waals surface area contributed by atoms with Crippen molar-refractivity contribution in [1.82, 2.24) is 9.55 Å². The van der Waals surface area contributed by atoms with Crippen molar-refractivity contribution in [3.05, 3.63) is 35.2 Å². The molecule has 1 aromatic heterocycles. The van der Waals surface area contributed by atoms with Gasteiger partial charge in [-0.25, -0.2) is 4.98 Å². The third-order valence-electron chi connectivity index (χ3n) is 3.90. The number of hydrogen-bond donors (Lipinski definition) is 1. The Morgan fingerprint density at radius 3 is 2.72 bits per heavy atom. The maximum Gasteiger partial charge on any atom is 0.131 e. The van der Waals surface area contributed by atoms with Crippen LogP contribution >= 0.6 is 0 Å². The van der Waals surface area contributed by atoms with Crippen LogP contribution in [-0.2, 0) is 13.0 Å². The molecule has 3 rings (SSSR count). The van der Waals surface area contributed by atoms with Gasteiger partial charge in [0.05, 0.1) is 0 Å². The van der Waals surface area contributed by atoms with Crippen LogP contribution in [-0.4, -0.2) is 9.55 Å². The van der Waals surface area contributed by atoms with Crippen molar-refractivity contribution < 1.29 is 0 Å². The van der Waals surface area contributed by atoms with Gasteiger partial charge >= 0.3 is 0 Å². The van der Waals surface area contributed by atoms with Crippen LogP contribution in [0.15, 0.2) is 18.2 Å². The molecule has 0 atom stereocenters. The molecule has 3 heteroatoms. The smallest absolute Gasteiger partial charge is 0.131 e. The van der Waals surface area contributed by atoms with Crippen molar-refractivity contribution in [2.75, 3.05) is 5.73 Å². The summed E-state index contributed by atoms with van der Waals surface area (Å²) in [6.07, 6.45) is 3.48. The van der Waals surface area contributed by atoms with Gasteiger partial charge in [-0.3, -0.25) is 0 Å². The fraction of sp³-hybridized carbons (Fsp3) is 0.400. The zero-order valence-corrected chi connectivity index (χ0v) is 11.0. The fourth-order valence-electron chi connectivity index (χ4n) is 2.61. The standard InChI is InChI=1S/C15H19N3/c1-10-6-7-12(9-11(10)2)14-15(16)18-8-4-3-5-13(18)17-14/h6-7,9H,3-5,8,16H2,1-2H3. The van der Waals surface area contributed by atoms with E-state index in [0.717, 1.165) is 35.9 Å². The number of aromatic nitrogens is 2. The Kier molecular flexibility index (Phi) is 2.62. The molecule has 0 fully saturated rings. The molecule has 18 heavy (non-hydrogen) atoms. The van der Waals surface area contributed by atoms with Crippen LogP contribution in [0.2, 0.25) is 0 Å². The molecule has 2 N–H and O–H groups in total. The van der Waals surface area contributed by atoms with Gasteiger partial charge in [-0.2, -0.15) is 0 Å². The predicted molar refractivity (Wildman–Crippen MR) is 74.5 cm³/mol. The molecule has 94 valence electrons. The van der Waals surface area contributed by atoms with Gasteiger partial charge in [0.25, 0.3) is 0 Å². The second kappa shape index (κ2) is 4.16. The molecular formula is C15H19N3. The van der Waals surface area contributed by atoms with Crippen molar-refractivity contribution in [2.45, 2.75) is 39.7 Å². The van der Waals surface area contributed by atoms with Crippen LogP contribution < -0.4 is 5.73 Å². The van der Waals surface area contributed by atoms with E-state index in [1.807, 2.05) is 0 Å². The summed E-state index contributed by atoms with van der Waals surface area (Å²) in [4.78, 5) is 4.73. The molecule has 0 saturated carbocycles. The SMILES string of the molecule is Cc1ccc(-c2nc3n(c2N)CCCC3)cc1C. The van der Waals surface area contributed by atoms with Crippen LogP contribution in [0.4, 0.5) is 5.82 Å². The summed E-state index contributed by atoms with van der Waals surface area (Å²) < 4.78 is 2.17. The second-order valence-corrected chi connectivity index (χ2v) is 5.17. The molecule has 2 heterocycles. The third-order valence-corrected chi connectivity index (χ3v) is 3.90. The topological polar surface area (TPSA) is 43.8 Å². The Balaban J connectivity index is 2.11. The van der Waals surface area contributed by atoms with E-state index in [9.17, 15) is 0 Å². The number of nitrogens with two attached hydrogens (primary N) is 1. The summed E-state index contributed by atoms with van der Waals surface area (Å²) >= 11 is 0. The Labute approximate surface area is 108 Å². The molecule has 0 radical (unpaired) electrons. The first kappa shape index (κ1) is 11.3. The minimum Gasteiger partial charge on any atom is -0.383 e. The van der Waals surface area contributed by atoms with Gasteiger partial charge < -0.3 is 10.3 Å². The molecule has 0 amide bonds. The van der Waals surface area contributed by atoms with Crippen molar-refractivity contribution in [3.63, 3.8) is 0 Å². The Morgan fingerprint density at radius 1 is 1.17 bits per heavy atom. The third kappa shape index (κ3) is 1.70. The highest BCUT2D eigenvalue weighted by Crippen LogP contribution is 2.30. The highest BCUT2D eigenvalue weighted by molar-refractivity contribution is 5.72. The predicted octanol–water partition coefficient (Wildman–Crippen LogP) is 3.09. The number of rotatable bonds is 1. The molecule has 3 nitrogen and oxygen atoms in total. The number of nitrogen functional groups attached to an aromatic ring is 1. The van der Waals surface area contributed by atoms with Crippen LogP contribution in [0.3, 0.4) is 0 Å². The molecule has 1 aliphatic heterocycles. The summed E-state index contributed by atoms with van der Waals surface area (Å²) in [7, 11) is 0. The molecule has 0 aliphatic carbocycles. The summed E-state index contributed by atoms with van der Waals surface area (Å²) in [6.45, 7) is 5.27. The van der Waals surface area contributed by atoms with E-state index >= 15 is 0 Å². The van der Waals surface area contributed by atoms with Crippen LogP contribution in [0, 0.1) is 13.8 Å². The van der Waals surface area contributed by atoms with Crippen molar-refractivity contribution in [3.8, 4) is 11.3 Å². The normalized spacial score (nSPS) is 14.6. The monoisotopic (exact) mass is 241 g/mol. The molecule has 1 aromatic carbocycles. The van der Waals surface area contributed by atoms with Gasteiger partial charge in [0.15, 0.2) is 0 Å². The molecular weight excluding hydrogens is 222 g/mol. The van der Waals surface area contributed by atoms with E-state index in [4.69, 9.17) is 10.7 Å². The molecule has 0 unspecified atom stereocenters. The molecule has 0 saturated heterocycles.